The monoisotopic (exact) mass is 216 g/mol. The first-order valence-electron chi connectivity index (χ1n) is 3.98. The molecule has 0 fully saturated rings. The van der Waals surface area contributed by atoms with Crippen molar-refractivity contribution in [3.63, 3.8) is 0 Å². The molecule has 0 spiro atoms. The SMILES string of the molecule is CC(=C(F)C(=O)O)c1ccc(F)c(F)c1. The van der Waals surface area contributed by atoms with Crippen molar-refractivity contribution < 1.29 is 23.1 Å². The molecule has 0 aromatic heterocycles. The molecule has 0 saturated carbocycles. The van der Waals surface area contributed by atoms with Gasteiger partial charge in [-0.05, 0) is 30.2 Å². The smallest absolute Gasteiger partial charge is 0.365 e. The Balaban J connectivity index is 3.23. The van der Waals surface area contributed by atoms with Gasteiger partial charge in [0.2, 0.25) is 5.83 Å². The van der Waals surface area contributed by atoms with Crippen molar-refractivity contribution in [2.45, 2.75) is 6.92 Å². The van der Waals surface area contributed by atoms with Gasteiger partial charge in [0.15, 0.2) is 11.6 Å². The molecule has 1 aromatic rings. The Labute approximate surface area is 83.7 Å². The Hall–Kier alpha value is -1.78. The number of rotatable bonds is 2. The number of benzene rings is 1. The third-order valence-corrected chi connectivity index (χ3v) is 1.87. The van der Waals surface area contributed by atoms with Crippen LogP contribution in [0.5, 0.6) is 0 Å². The second-order valence-electron chi connectivity index (χ2n) is 2.87. The van der Waals surface area contributed by atoms with E-state index in [4.69, 9.17) is 5.11 Å². The van der Waals surface area contributed by atoms with Crippen molar-refractivity contribution in [1.29, 1.82) is 0 Å². The van der Waals surface area contributed by atoms with E-state index >= 15 is 0 Å². The highest BCUT2D eigenvalue weighted by Crippen LogP contribution is 2.21. The number of hydrogen-bond donors (Lipinski definition) is 1. The van der Waals surface area contributed by atoms with Crippen LogP contribution in [0.3, 0.4) is 0 Å². The molecule has 1 aromatic carbocycles. The van der Waals surface area contributed by atoms with Gasteiger partial charge in [-0.25, -0.2) is 13.6 Å². The lowest BCUT2D eigenvalue weighted by Gasteiger charge is -2.02. The fourth-order valence-corrected chi connectivity index (χ4v) is 1.02. The van der Waals surface area contributed by atoms with Gasteiger partial charge in [0.25, 0.3) is 0 Å². The zero-order valence-electron chi connectivity index (χ0n) is 7.72. The maximum atomic E-state index is 12.9. The highest BCUT2D eigenvalue weighted by Gasteiger charge is 2.13. The van der Waals surface area contributed by atoms with Crippen LogP contribution in [0.4, 0.5) is 13.2 Å². The van der Waals surface area contributed by atoms with Crippen molar-refractivity contribution >= 4 is 11.5 Å². The fourth-order valence-electron chi connectivity index (χ4n) is 1.02. The first kappa shape index (κ1) is 11.3. The molecule has 0 radical (unpaired) electrons. The second-order valence-corrected chi connectivity index (χ2v) is 2.87. The Morgan fingerprint density at radius 1 is 1.27 bits per heavy atom. The minimum Gasteiger partial charge on any atom is -0.476 e. The number of halogens is 3. The second kappa shape index (κ2) is 4.16. The summed E-state index contributed by atoms with van der Waals surface area (Å²) in [6, 6.07) is 2.66. The third-order valence-electron chi connectivity index (χ3n) is 1.87. The standard InChI is InChI=1S/C10H7F3O2/c1-5(9(13)10(14)15)6-2-3-7(11)8(12)4-6/h2-4H,1H3,(H,14,15). The molecular weight excluding hydrogens is 209 g/mol. The Bertz CT molecular complexity index is 438. The van der Waals surface area contributed by atoms with Gasteiger partial charge in [0.05, 0.1) is 0 Å². The average Bonchev–Trinajstić information content (AvgIpc) is 2.19. The summed E-state index contributed by atoms with van der Waals surface area (Å²) in [6.07, 6.45) is 0. The summed E-state index contributed by atoms with van der Waals surface area (Å²) in [6.45, 7) is 1.18. The minimum atomic E-state index is -1.74. The number of allylic oxidation sites excluding steroid dienone is 1. The highest BCUT2D eigenvalue weighted by molar-refractivity contribution is 5.93. The lowest BCUT2D eigenvalue weighted by molar-refractivity contribution is -0.134. The van der Waals surface area contributed by atoms with Crippen molar-refractivity contribution in [1.82, 2.24) is 0 Å². The maximum Gasteiger partial charge on any atom is 0.365 e. The van der Waals surface area contributed by atoms with Gasteiger partial charge in [0.1, 0.15) is 0 Å². The fraction of sp³-hybridized carbons (Fsp3) is 0.100. The summed E-state index contributed by atoms with van der Waals surface area (Å²) in [5, 5.41) is 8.34. The molecule has 0 saturated heterocycles. The zero-order valence-corrected chi connectivity index (χ0v) is 7.72. The van der Waals surface area contributed by atoms with Crippen LogP contribution in [0.1, 0.15) is 12.5 Å². The van der Waals surface area contributed by atoms with E-state index in [0.717, 1.165) is 18.2 Å². The number of carbonyl (C=O) groups is 1. The molecule has 0 aliphatic rings. The third kappa shape index (κ3) is 2.37. The minimum absolute atomic E-state index is 0.00574. The lowest BCUT2D eigenvalue weighted by atomic mass is 10.1. The molecule has 0 unspecified atom stereocenters. The normalized spacial score (nSPS) is 12.3. The van der Waals surface area contributed by atoms with Crippen molar-refractivity contribution in [3.05, 3.63) is 41.2 Å². The Kier molecular flexibility index (Phi) is 3.14. The molecule has 0 bridgehead atoms. The summed E-state index contributed by atoms with van der Waals surface area (Å²) in [5.74, 6) is -5.34. The predicted octanol–water partition coefficient (Wildman–Crippen LogP) is 2.75. The molecular formula is C10H7F3O2. The van der Waals surface area contributed by atoms with Crippen LogP contribution in [0.15, 0.2) is 24.0 Å². The van der Waals surface area contributed by atoms with E-state index in [-0.39, 0.29) is 11.1 Å². The molecule has 1 rings (SSSR count). The van der Waals surface area contributed by atoms with Gasteiger partial charge >= 0.3 is 5.97 Å². The summed E-state index contributed by atoms with van der Waals surface area (Å²) in [5.41, 5.74) is -0.254. The molecule has 0 aliphatic carbocycles. The highest BCUT2D eigenvalue weighted by atomic mass is 19.2. The Morgan fingerprint density at radius 2 is 1.87 bits per heavy atom. The maximum absolute atomic E-state index is 12.9. The number of carboxylic acids is 1. The summed E-state index contributed by atoms with van der Waals surface area (Å²) in [4.78, 5) is 10.3. The van der Waals surface area contributed by atoms with Gasteiger partial charge in [0, 0.05) is 0 Å². The topological polar surface area (TPSA) is 37.3 Å². The molecule has 15 heavy (non-hydrogen) atoms. The number of hydrogen-bond acceptors (Lipinski definition) is 1. The molecule has 0 heterocycles. The molecule has 5 heteroatoms. The number of carboxylic acid groups (broad SMARTS) is 1. The molecule has 2 nitrogen and oxygen atoms in total. The van der Waals surface area contributed by atoms with Crippen molar-refractivity contribution in [2.24, 2.45) is 0 Å². The predicted molar refractivity (Wildman–Crippen MR) is 47.7 cm³/mol. The van der Waals surface area contributed by atoms with Crippen LogP contribution in [-0.4, -0.2) is 11.1 Å². The van der Waals surface area contributed by atoms with Crippen LogP contribution in [0, 0.1) is 11.6 Å². The summed E-state index contributed by atoms with van der Waals surface area (Å²) < 4.78 is 38.2. The summed E-state index contributed by atoms with van der Waals surface area (Å²) >= 11 is 0. The first-order valence-corrected chi connectivity index (χ1v) is 3.98. The largest absolute Gasteiger partial charge is 0.476 e. The van der Waals surface area contributed by atoms with Crippen LogP contribution in [0.25, 0.3) is 5.57 Å². The van der Waals surface area contributed by atoms with E-state index < -0.39 is 23.4 Å². The van der Waals surface area contributed by atoms with E-state index in [1.54, 1.807) is 0 Å². The van der Waals surface area contributed by atoms with Crippen LogP contribution < -0.4 is 0 Å². The molecule has 0 atom stereocenters. The number of aliphatic carboxylic acids is 1. The lowest BCUT2D eigenvalue weighted by Crippen LogP contribution is -1.98. The van der Waals surface area contributed by atoms with E-state index in [1.807, 2.05) is 0 Å². The van der Waals surface area contributed by atoms with E-state index in [9.17, 15) is 18.0 Å². The van der Waals surface area contributed by atoms with Gasteiger partial charge in [-0.2, -0.15) is 4.39 Å². The molecule has 0 amide bonds. The van der Waals surface area contributed by atoms with Gasteiger partial charge in [-0.1, -0.05) is 6.07 Å². The Morgan fingerprint density at radius 3 is 2.33 bits per heavy atom. The van der Waals surface area contributed by atoms with Crippen molar-refractivity contribution in [2.75, 3.05) is 0 Å². The first-order chi connectivity index (χ1) is 6.93. The van der Waals surface area contributed by atoms with Gasteiger partial charge in [-0.3, -0.25) is 0 Å². The van der Waals surface area contributed by atoms with Gasteiger partial charge < -0.3 is 5.11 Å². The molecule has 80 valence electrons. The van der Waals surface area contributed by atoms with Crippen LogP contribution >= 0.6 is 0 Å². The average molecular weight is 216 g/mol. The van der Waals surface area contributed by atoms with Crippen LogP contribution in [-0.2, 0) is 4.79 Å². The quantitative estimate of drug-likeness (QED) is 0.772. The zero-order chi connectivity index (χ0) is 11.6. The molecule has 1 N–H and O–H groups in total. The van der Waals surface area contributed by atoms with E-state index in [1.165, 1.54) is 6.92 Å². The van der Waals surface area contributed by atoms with E-state index in [2.05, 4.69) is 0 Å². The van der Waals surface area contributed by atoms with Crippen molar-refractivity contribution in [3.8, 4) is 0 Å². The van der Waals surface area contributed by atoms with E-state index in [0.29, 0.717) is 0 Å². The summed E-state index contributed by atoms with van der Waals surface area (Å²) in [7, 11) is 0. The molecule has 0 aliphatic heterocycles. The van der Waals surface area contributed by atoms with Gasteiger partial charge in [-0.15, -0.1) is 0 Å². The van der Waals surface area contributed by atoms with Crippen LogP contribution in [0.2, 0.25) is 0 Å².